The summed E-state index contributed by atoms with van der Waals surface area (Å²) in [5.74, 6) is -0.201. The van der Waals surface area contributed by atoms with Gasteiger partial charge in [-0.15, -0.1) is 0 Å². The maximum absolute atomic E-state index is 12.5. The van der Waals surface area contributed by atoms with Crippen LogP contribution in [0.4, 0.5) is 5.69 Å². The van der Waals surface area contributed by atoms with Crippen LogP contribution in [0.2, 0.25) is 0 Å². The molecule has 5 heteroatoms. The average molecular weight is 415 g/mol. The fourth-order valence-electron chi connectivity index (χ4n) is 4.44. The second kappa shape index (κ2) is 8.80. The number of anilines is 1. The molecule has 1 saturated heterocycles. The van der Waals surface area contributed by atoms with Crippen LogP contribution in [0.5, 0.6) is 0 Å². The van der Waals surface area contributed by atoms with Crippen molar-refractivity contribution >= 4 is 17.8 Å². The van der Waals surface area contributed by atoms with Gasteiger partial charge in [-0.25, -0.2) is 5.43 Å². The minimum Gasteiger partial charge on any atom is -0.372 e. The Morgan fingerprint density at radius 2 is 1.61 bits per heavy atom. The molecule has 1 aliphatic heterocycles. The number of aromatic nitrogens is 1. The van der Waals surface area contributed by atoms with Crippen LogP contribution in [-0.4, -0.2) is 29.8 Å². The van der Waals surface area contributed by atoms with E-state index in [-0.39, 0.29) is 5.91 Å². The quantitative estimate of drug-likeness (QED) is 0.468. The van der Waals surface area contributed by atoms with Crippen molar-refractivity contribution in [3.63, 3.8) is 0 Å². The van der Waals surface area contributed by atoms with Crippen molar-refractivity contribution in [3.05, 3.63) is 82.2 Å². The molecule has 1 N–H and O–H groups in total. The van der Waals surface area contributed by atoms with Crippen LogP contribution in [0.3, 0.4) is 0 Å². The number of rotatable bonds is 5. The lowest BCUT2D eigenvalue weighted by Crippen LogP contribution is -2.19. The standard InChI is InChI=1S/C26H30N4O/c1-18-8-7-9-19(2)25(18)30-20(3)16-23(21(30)4)17-27-28-26(31)22-10-12-24(13-11-22)29-14-5-6-15-29/h7-13,16-17H,5-6,14-15H2,1-4H3,(H,28,31)/b27-17-. The molecule has 0 unspecified atom stereocenters. The Kier molecular flexibility index (Phi) is 5.94. The number of carbonyl (C=O) groups excluding carboxylic acids is 1. The van der Waals surface area contributed by atoms with Gasteiger partial charge in [0.2, 0.25) is 0 Å². The summed E-state index contributed by atoms with van der Waals surface area (Å²) in [6.07, 6.45) is 4.20. The lowest BCUT2D eigenvalue weighted by atomic mass is 10.1. The number of aryl methyl sites for hydroxylation is 3. The number of hydrogen-bond donors (Lipinski definition) is 1. The molecule has 1 aromatic heterocycles. The highest BCUT2D eigenvalue weighted by molar-refractivity contribution is 5.95. The Labute approximate surface area is 184 Å². The minimum atomic E-state index is -0.201. The molecule has 0 atom stereocenters. The van der Waals surface area contributed by atoms with E-state index in [1.54, 1.807) is 6.21 Å². The average Bonchev–Trinajstić information content (AvgIpc) is 3.38. The Hall–Kier alpha value is -3.34. The molecule has 1 fully saturated rings. The Balaban J connectivity index is 1.47. The second-order valence-electron chi connectivity index (χ2n) is 8.34. The van der Waals surface area contributed by atoms with E-state index in [2.05, 4.69) is 72.0 Å². The molecule has 2 aromatic carbocycles. The summed E-state index contributed by atoms with van der Waals surface area (Å²) in [7, 11) is 0. The number of nitrogens with zero attached hydrogens (tertiary/aromatic N) is 3. The molecular formula is C26H30N4O. The van der Waals surface area contributed by atoms with Crippen LogP contribution in [0.1, 0.15) is 51.3 Å². The van der Waals surface area contributed by atoms with E-state index in [4.69, 9.17) is 0 Å². The first-order chi connectivity index (χ1) is 15.0. The molecule has 4 rings (SSSR count). The van der Waals surface area contributed by atoms with Crippen molar-refractivity contribution in [2.24, 2.45) is 5.10 Å². The number of amides is 1. The van der Waals surface area contributed by atoms with Crippen LogP contribution < -0.4 is 10.3 Å². The molecule has 2 heterocycles. The zero-order chi connectivity index (χ0) is 22.0. The summed E-state index contributed by atoms with van der Waals surface area (Å²) >= 11 is 0. The summed E-state index contributed by atoms with van der Waals surface area (Å²) in [4.78, 5) is 14.8. The smallest absolute Gasteiger partial charge is 0.271 e. The van der Waals surface area contributed by atoms with Crippen LogP contribution >= 0.6 is 0 Å². The number of benzene rings is 2. The third-order valence-corrected chi connectivity index (χ3v) is 6.10. The third-order valence-electron chi connectivity index (χ3n) is 6.10. The fourth-order valence-corrected chi connectivity index (χ4v) is 4.44. The maximum Gasteiger partial charge on any atom is 0.271 e. The first-order valence-electron chi connectivity index (χ1n) is 10.9. The third kappa shape index (κ3) is 4.26. The monoisotopic (exact) mass is 414 g/mol. The van der Waals surface area contributed by atoms with Crippen molar-refractivity contribution in [1.82, 2.24) is 9.99 Å². The first-order valence-corrected chi connectivity index (χ1v) is 10.9. The van der Waals surface area contributed by atoms with Gasteiger partial charge in [0.15, 0.2) is 0 Å². The van der Waals surface area contributed by atoms with Gasteiger partial charge >= 0.3 is 0 Å². The van der Waals surface area contributed by atoms with Crippen molar-refractivity contribution in [2.45, 2.75) is 40.5 Å². The van der Waals surface area contributed by atoms with Gasteiger partial charge in [0, 0.05) is 41.3 Å². The number of nitrogens with one attached hydrogen (secondary N) is 1. The summed E-state index contributed by atoms with van der Waals surface area (Å²) in [6.45, 7) is 10.6. The van der Waals surface area contributed by atoms with Gasteiger partial charge in [0.05, 0.1) is 11.9 Å². The number of carbonyl (C=O) groups is 1. The van der Waals surface area contributed by atoms with Crippen molar-refractivity contribution < 1.29 is 4.79 Å². The van der Waals surface area contributed by atoms with Gasteiger partial charge in [-0.3, -0.25) is 4.79 Å². The molecule has 160 valence electrons. The van der Waals surface area contributed by atoms with Gasteiger partial charge in [-0.2, -0.15) is 5.10 Å². The molecular weight excluding hydrogens is 384 g/mol. The van der Waals surface area contributed by atoms with Crippen LogP contribution in [0.25, 0.3) is 5.69 Å². The highest BCUT2D eigenvalue weighted by atomic mass is 16.2. The highest BCUT2D eigenvalue weighted by Gasteiger charge is 2.14. The van der Waals surface area contributed by atoms with E-state index >= 15 is 0 Å². The summed E-state index contributed by atoms with van der Waals surface area (Å²) in [5.41, 5.74) is 11.4. The van der Waals surface area contributed by atoms with Gasteiger partial charge < -0.3 is 9.47 Å². The predicted octanol–water partition coefficient (Wildman–Crippen LogP) is 5.08. The van der Waals surface area contributed by atoms with E-state index in [0.717, 1.165) is 30.0 Å². The molecule has 31 heavy (non-hydrogen) atoms. The molecule has 0 spiro atoms. The van der Waals surface area contributed by atoms with Gasteiger partial charge in [-0.1, -0.05) is 18.2 Å². The summed E-state index contributed by atoms with van der Waals surface area (Å²) < 4.78 is 2.25. The number of para-hydroxylation sites is 1. The highest BCUT2D eigenvalue weighted by Crippen LogP contribution is 2.25. The summed E-state index contributed by atoms with van der Waals surface area (Å²) in [5, 5.41) is 4.22. The van der Waals surface area contributed by atoms with Crippen molar-refractivity contribution in [1.29, 1.82) is 0 Å². The fraction of sp³-hybridized carbons (Fsp3) is 0.308. The van der Waals surface area contributed by atoms with Crippen LogP contribution in [0, 0.1) is 27.7 Å². The Morgan fingerprint density at radius 3 is 2.26 bits per heavy atom. The molecule has 0 radical (unpaired) electrons. The van der Waals surface area contributed by atoms with Crippen molar-refractivity contribution in [3.8, 4) is 5.69 Å². The molecule has 3 aromatic rings. The van der Waals surface area contributed by atoms with E-state index < -0.39 is 0 Å². The van der Waals surface area contributed by atoms with Crippen LogP contribution in [0.15, 0.2) is 53.6 Å². The van der Waals surface area contributed by atoms with E-state index in [1.807, 2.05) is 24.3 Å². The normalized spacial score (nSPS) is 13.9. The van der Waals surface area contributed by atoms with Gasteiger partial charge in [0.1, 0.15) is 0 Å². The van der Waals surface area contributed by atoms with E-state index in [0.29, 0.717) is 5.56 Å². The zero-order valence-electron chi connectivity index (χ0n) is 18.8. The topological polar surface area (TPSA) is 49.6 Å². The van der Waals surface area contributed by atoms with Gasteiger partial charge in [0.25, 0.3) is 5.91 Å². The maximum atomic E-state index is 12.5. The molecule has 1 aliphatic rings. The molecule has 0 bridgehead atoms. The van der Waals surface area contributed by atoms with Crippen LogP contribution in [-0.2, 0) is 0 Å². The van der Waals surface area contributed by atoms with E-state index in [9.17, 15) is 4.79 Å². The predicted molar refractivity (Wildman–Crippen MR) is 128 cm³/mol. The largest absolute Gasteiger partial charge is 0.372 e. The Morgan fingerprint density at radius 1 is 0.968 bits per heavy atom. The lowest BCUT2D eigenvalue weighted by Gasteiger charge is -2.17. The first kappa shape index (κ1) is 20.9. The number of hydrogen-bond acceptors (Lipinski definition) is 3. The van der Waals surface area contributed by atoms with E-state index in [1.165, 1.54) is 35.3 Å². The Bertz CT molecular complexity index is 1100. The summed E-state index contributed by atoms with van der Waals surface area (Å²) in [6, 6.07) is 16.2. The molecule has 0 aliphatic carbocycles. The minimum absolute atomic E-state index is 0.201. The lowest BCUT2D eigenvalue weighted by molar-refractivity contribution is 0.0955. The molecule has 0 saturated carbocycles. The molecule has 1 amide bonds. The second-order valence-corrected chi connectivity index (χ2v) is 8.34. The number of hydrazone groups is 1. The van der Waals surface area contributed by atoms with Gasteiger partial charge in [-0.05, 0) is 82.0 Å². The zero-order valence-corrected chi connectivity index (χ0v) is 18.8. The SMILES string of the molecule is Cc1cccc(C)c1-n1c(C)cc(/C=N\NC(=O)c2ccc(N3CCCC3)cc2)c1C. The molecule has 5 nitrogen and oxygen atoms in total. The van der Waals surface area contributed by atoms with Crippen molar-refractivity contribution in [2.75, 3.05) is 18.0 Å².